The van der Waals surface area contributed by atoms with Crippen molar-refractivity contribution >= 4 is 11.9 Å². The molecule has 1 amide bonds. The van der Waals surface area contributed by atoms with E-state index in [2.05, 4.69) is 10.3 Å². The van der Waals surface area contributed by atoms with Crippen LogP contribution in [0.1, 0.15) is 61.9 Å². The van der Waals surface area contributed by atoms with Gasteiger partial charge < -0.3 is 14.8 Å². The van der Waals surface area contributed by atoms with Gasteiger partial charge in [-0.1, -0.05) is 62.4 Å². The molecule has 1 saturated heterocycles. The fraction of sp³-hybridized carbons (Fsp3) is 0.379. The molecule has 3 atom stereocenters. The van der Waals surface area contributed by atoms with Crippen LogP contribution >= 0.6 is 0 Å². The van der Waals surface area contributed by atoms with Gasteiger partial charge in [0, 0.05) is 31.1 Å². The summed E-state index contributed by atoms with van der Waals surface area (Å²) in [5.41, 5.74) is 3.37. The van der Waals surface area contributed by atoms with Crippen molar-refractivity contribution in [3.05, 3.63) is 92.3 Å². The van der Waals surface area contributed by atoms with Crippen molar-refractivity contribution in [3.8, 4) is 11.1 Å². The summed E-state index contributed by atoms with van der Waals surface area (Å²) in [7, 11) is 0. The lowest BCUT2D eigenvalue weighted by Crippen LogP contribution is -2.40. The molecule has 38 heavy (non-hydrogen) atoms. The maximum Gasteiger partial charge on any atom is 0.330 e. The van der Waals surface area contributed by atoms with Gasteiger partial charge in [-0.15, -0.1) is 0 Å². The number of hydrogen-bond acceptors (Lipinski definition) is 6. The summed E-state index contributed by atoms with van der Waals surface area (Å²) in [6.45, 7) is 3.80. The number of esters is 1. The molecule has 2 aliphatic rings. The molecule has 9 heteroatoms. The highest BCUT2D eigenvalue weighted by molar-refractivity contribution is 5.96. The second-order valence-electron chi connectivity index (χ2n) is 9.67. The number of ether oxygens (including phenoxy) is 2. The summed E-state index contributed by atoms with van der Waals surface area (Å²) in [6.07, 6.45) is 0.975. The van der Waals surface area contributed by atoms with Gasteiger partial charge in [-0.05, 0) is 35.1 Å². The summed E-state index contributed by atoms with van der Waals surface area (Å²) in [6, 6.07) is 15.7. The molecule has 0 bridgehead atoms. The molecule has 1 aromatic heterocycles. The Bertz CT molecular complexity index is 1430. The van der Waals surface area contributed by atoms with Gasteiger partial charge in [0.25, 0.3) is 5.56 Å². The van der Waals surface area contributed by atoms with Crippen LogP contribution in [0.3, 0.4) is 0 Å². The van der Waals surface area contributed by atoms with E-state index in [-0.39, 0.29) is 31.3 Å². The Hall–Kier alpha value is -3.98. The standard InChI is InChI=1S/C29H31N3O6/c1-3-9-25(33)38-22-14-24(32-16-17(4-2)27(34)31-29(32)36)37-23(22)15-30-28(35)26-20-12-7-5-10-18(20)19-11-6-8-13-21(19)26/h5-8,10-13,16,22-24,26H,3-4,9,14-15H2,1-2H3,(H,30,35)(H,31,34,36)/t22-,23+,24+/m0/s1. The van der Waals surface area contributed by atoms with E-state index in [1.54, 1.807) is 0 Å². The van der Waals surface area contributed by atoms with E-state index in [0.29, 0.717) is 18.4 Å². The number of hydrogen-bond donors (Lipinski definition) is 2. The van der Waals surface area contributed by atoms with E-state index in [4.69, 9.17) is 9.47 Å². The molecule has 3 aromatic rings. The number of nitrogens with one attached hydrogen (secondary N) is 2. The first kappa shape index (κ1) is 25.7. The Kier molecular flexibility index (Phi) is 7.28. The first-order valence-electron chi connectivity index (χ1n) is 13.1. The van der Waals surface area contributed by atoms with Crippen molar-refractivity contribution in [2.45, 2.75) is 63.9 Å². The van der Waals surface area contributed by atoms with Crippen molar-refractivity contribution in [1.82, 2.24) is 14.9 Å². The first-order chi connectivity index (χ1) is 18.4. The molecule has 1 aliphatic heterocycles. The number of amides is 1. The first-order valence-corrected chi connectivity index (χ1v) is 13.1. The number of nitrogens with zero attached hydrogens (tertiary/aromatic N) is 1. The Labute approximate surface area is 219 Å². The molecular formula is C29H31N3O6. The number of carbonyl (C=O) groups excluding carboxylic acids is 2. The predicted octanol–water partition coefficient (Wildman–Crippen LogP) is 3.03. The molecule has 2 N–H and O–H groups in total. The van der Waals surface area contributed by atoms with E-state index in [0.717, 1.165) is 22.3 Å². The molecule has 2 aromatic carbocycles. The van der Waals surface area contributed by atoms with Crippen LogP contribution in [0.15, 0.2) is 64.3 Å². The topological polar surface area (TPSA) is 119 Å². The number of H-pyrrole nitrogens is 1. The molecule has 1 fully saturated rings. The summed E-state index contributed by atoms with van der Waals surface area (Å²) >= 11 is 0. The third-order valence-corrected chi connectivity index (χ3v) is 7.22. The van der Waals surface area contributed by atoms with Crippen LogP contribution in [0, 0.1) is 0 Å². The highest BCUT2D eigenvalue weighted by Gasteiger charge is 2.40. The van der Waals surface area contributed by atoms with Crippen LogP contribution in [-0.2, 0) is 25.5 Å². The number of rotatable bonds is 8. The van der Waals surface area contributed by atoms with E-state index in [9.17, 15) is 19.2 Å². The smallest absolute Gasteiger partial charge is 0.330 e. The van der Waals surface area contributed by atoms with Gasteiger partial charge in [-0.3, -0.25) is 23.9 Å². The van der Waals surface area contributed by atoms with Crippen LogP contribution in [0.2, 0.25) is 0 Å². The number of carbonyl (C=O) groups is 2. The summed E-state index contributed by atoms with van der Waals surface area (Å²) in [5.74, 6) is -1.00. The fourth-order valence-electron chi connectivity index (χ4n) is 5.34. The SMILES string of the molecule is CCCC(=O)O[C@H]1C[C@H](n2cc(CC)c(=O)[nH]c2=O)O[C@@H]1CNC(=O)C1c2ccccc2-c2ccccc21. The zero-order chi connectivity index (χ0) is 26.8. The molecule has 2 heterocycles. The molecule has 0 unspecified atom stereocenters. The summed E-state index contributed by atoms with van der Waals surface area (Å²) in [5, 5.41) is 3.00. The van der Waals surface area contributed by atoms with E-state index in [1.165, 1.54) is 10.8 Å². The van der Waals surface area contributed by atoms with E-state index >= 15 is 0 Å². The second kappa shape index (κ2) is 10.8. The maximum absolute atomic E-state index is 13.5. The zero-order valence-electron chi connectivity index (χ0n) is 21.4. The van der Waals surface area contributed by atoms with Crippen molar-refractivity contribution in [1.29, 1.82) is 0 Å². The third-order valence-electron chi connectivity index (χ3n) is 7.22. The van der Waals surface area contributed by atoms with E-state index < -0.39 is 35.6 Å². The minimum absolute atomic E-state index is 0.0962. The van der Waals surface area contributed by atoms with Gasteiger partial charge in [0.05, 0.1) is 5.92 Å². The molecule has 5 rings (SSSR count). The number of benzene rings is 2. The van der Waals surface area contributed by atoms with Crippen LogP contribution in [-0.4, -0.2) is 40.2 Å². The lowest BCUT2D eigenvalue weighted by atomic mass is 9.96. The fourth-order valence-corrected chi connectivity index (χ4v) is 5.34. The average molecular weight is 518 g/mol. The molecule has 0 saturated carbocycles. The van der Waals surface area contributed by atoms with Crippen LogP contribution in [0.4, 0.5) is 0 Å². The lowest BCUT2D eigenvalue weighted by molar-refractivity contribution is -0.151. The van der Waals surface area contributed by atoms with Crippen LogP contribution < -0.4 is 16.6 Å². The Morgan fingerprint density at radius 2 is 1.71 bits per heavy atom. The van der Waals surface area contributed by atoms with Gasteiger partial charge in [0.15, 0.2) is 0 Å². The van der Waals surface area contributed by atoms with Gasteiger partial charge in [0.2, 0.25) is 5.91 Å². The Morgan fingerprint density at radius 1 is 1.05 bits per heavy atom. The van der Waals surface area contributed by atoms with Crippen LogP contribution in [0.5, 0.6) is 0 Å². The average Bonchev–Trinajstić information content (AvgIpc) is 3.46. The molecule has 9 nitrogen and oxygen atoms in total. The number of fused-ring (bicyclic) bond motifs is 3. The monoisotopic (exact) mass is 517 g/mol. The van der Waals surface area contributed by atoms with Gasteiger partial charge in [-0.25, -0.2) is 4.79 Å². The van der Waals surface area contributed by atoms with Gasteiger partial charge >= 0.3 is 11.7 Å². The highest BCUT2D eigenvalue weighted by atomic mass is 16.6. The molecular weight excluding hydrogens is 486 g/mol. The molecule has 0 spiro atoms. The summed E-state index contributed by atoms with van der Waals surface area (Å²) in [4.78, 5) is 52.8. The largest absolute Gasteiger partial charge is 0.459 e. The second-order valence-corrected chi connectivity index (χ2v) is 9.67. The Balaban J connectivity index is 1.37. The summed E-state index contributed by atoms with van der Waals surface area (Å²) < 4.78 is 13.2. The third kappa shape index (κ3) is 4.81. The van der Waals surface area contributed by atoms with Crippen molar-refractivity contribution in [2.75, 3.05) is 6.54 Å². The maximum atomic E-state index is 13.5. The van der Waals surface area contributed by atoms with Crippen molar-refractivity contribution in [3.63, 3.8) is 0 Å². The Morgan fingerprint density at radius 3 is 2.34 bits per heavy atom. The normalized spacial score (nSPS) is 20.1. The molecule has 0 radical (unpaired) electrons. The number of aromatic nitrogens is 2. The zero-order valence-corrected chi connectivity index (χ0v) is 21.4. The lowest BCUT2D eigenvalue weighted by Gasteiger charge is -2.21. The van der Waals surface area contributed by atoms with Crippen molar-refractivity contribution in [2.24, 2.45) is 0 Å². The number of aryl methyl sites for hydroxylation is 1. The number of aromatic amines is 1. The quantitative estimate of drug-likeness (QED) is 0.444. The van der Waals surface area contributed by atoms with Gasteiger partial charge in [-0.2, -0.15) is 0 Å². The minimum atomic E-state index is -0.751. The molecule has 198 valence electrons. The predicted molar refractivity (Wildman–Crippen MR) is 141 cm³/mol. The highest BCUT2D eigenvalue weighted by Crippen LogP contribution is 2.44. The van der Waals surface area contributed by atoms with E-state index in [1.807, 2.05) is 62.4 Å². The van der Waals surface area contributed by atoms with Crippen molar-refractivity contribution < 1.29 is 19.1 Å². The molecule has 1 aliphatic carbocycles. The minimum Gasteiger partial charge on any atom is -0.459 e. The van der Waals surface area contributed by atoms with Gasteiger partial charge in [0.1, 0.15) is 18.4 Å². The van der Waals surface area contributed by atoms with Crippen LogP contribution in [0.25, 0.3) is 11.1 Å².